The van der Waals surface area contributed by atoms with Gasteiger partial charge in [0, 0.05) is 35.2 Å². The lowest BCUT2D eigenvalue weighted by Crippen LogP contribution is -2.48. The topological polar surface area (TPSA) is 53.3 Å². The fraction of sp³-hybridized carbons (Fsp3) is 0.364. The highest BCUT2D eigenvalue weighted by Gasteiger charge is 2.61. The van der Waals surface area contributed by atoms with Crippen LogP contribution in [0.4, 0.5) is 0 Å². The smallest absolute Gasteiger partial charge is 0.332 e. The highest BCUT2D eigenvalue weighted by Crippen LogP contribution is 2.53. The number of nitrogens with zero attached hydrogens (tertiary/aromatic N) is 2. The van der Waals surface area contributed by atoms with Crippen molar-refractivity contribution in [2.75, 3.05) is 6.54 Å². The van der Waals surface area contributed by atoms with Crippen LogP contribution in [0.2, 0.25) is 0 Å². The number of benzene rings is 1. The molecule has 0 N–H and O–H groups in total. The molecule has 4 heteroatoms. The molecular weight excluding hydrogens is 324 g/mol. The standard InChI is InChI=1S/C22H18N2O2/c23-14-16-6-4-15(5-7-16)8-9-17-11-18-13-22(19(17)12-21(25)26-22)20-3-1-2-10-24(18)20/h4-7,11-12,18,20H,1-3,10,13H2. The molecule has 2 bridgehead atoms. The third kappa shape index (κ3) is 2.16. The van der Waals surface area contributed by atoms with Gasteiger partial charge in [-0.3, -0.25) is 4.90 Å². The Balaban J connectivity index is 1.54. The third-order valence-electron chi connectivity index (χ3n) is 6.03. The molecule has 128 valence electrons. The highest BCUT2D eigenvalue weighted by atomic mass is 16.6. The fourth-order valence-corrected chi connectivity index (χ4v) is 4.94. The maximum atomic E-state index is 12.1. The molecule has 4 nitrogen and oxygen atoms in total. The van der Waals surface area contributed by atoms with E-state index in [9.17, 15) is 4.79 Å². The zero-order valence-electron chi connectivity index (χ0n) is 14.4. The molecular formula is C22H18N2O2. The van der Waals surface area contributed by atoms with E-state index < -0.39 is 5.60 Å². The number of carbonyl (C=O) groups excluding carboxylic acids is 1. The molecule has 4 aliphatic rings. The molecule has 0 amide bonds. The van der Waals surface area contributed by atoms with Gasteiger partial charge in [-0.2, -0.15) is 5.26 Å². The molecule has 1 aliphatic carbocycles. The van der Waals surface area contributed by atoms with Crippen LogP contribution in [-0.2, 0) is 9.53 Å². The van der Waals surface area contributed by atoms with Crippen LogP contribution in [0, 0.1) is 23.2 Å². The minimum Gasteiger partial charge on any atom is -0.449 e. The van der Waals surface area contributed by atoms with E-state index in [1.165, 1.54) is 12.8 Å². The van der Waals surface area contributed by atoms with Crippen LogP contribution < -0.4 is 0 Å². The summed E-state index contributed by atoms with van der Waals surface area (Å²) in [7, 11) is 0. The average molecular weight is 342 g/mol. The Kier molecular flexibility index (Phi) is 3.32. The molecule has 0 radical (unpaired) electrons. The van der Waals surface area contributed by atoms with Crippen molar-refractivity contribution in [3.05, 3.63) is 58.7 Å². The molecule has 5 rings (SSSR count). The summed E-state index contributed by atoms with van der Waals surface area (Å²) >= 11 is 0. The Morgan fingerprint density at radius 1 is 1.15 bits per heavy atom. The zero-order valence-corrected chi connectivity index (χ0v) is 14.4. The lowest BCUT2D eigenvalue weighted by molar-refractivity contribution is -0.148. The summed E-state index contributed by atoms with van der Waals surface area (Å²) in [6.07, 6.45) is 8.19. The monoisotopic (exact) mass is 342 g/mol. The first-order valence-corrected chi connectivity index (χ1v) is 9.15. The number of hydrogen-bond acceptors (Lipinski definition) is 4. The molecule has 3 unspecified atom stereocenters. The van der Waals surface area contributed by atoms with Crippen LogP contribution in [-0.4, -0.2) is 35.1 Å². The molecule has 26 heavy (non-hydrogen) atoms. The number of esters is 1. The molecule has 2 fully saturated rings. The lowest BCUT2D eigenvalue weighted by atomic mass is 9.77. The van der Waals surface area contributed by atoms with Gasteiger partial charge in [-0.15, -0.1) is 0 Å². The molecule has 1 aromatic rings. The fourth-order valence-electron chi connectivity index (χ4n) is 4.94. The Morgan fingerprint density at radius 2 is 1.96 bits per heavy atom. The van der Waals surface area contributed by atoms with Crippen molar-refractivity contribution in [2.45, 2.75) is 43.4 Å². The number of rotatable bonds is 0. The van der Waals surface area contributed by atoms with E-state index in [1.807, 2.05) is 12.1 Å². The highest BCUT2D eigenvalue weighted by molar-refractivity contribution is 5.90. The molecule has 3 aliphatic heterocycles. The van der Waals surface area contributed by atoms with Crippen molar-refractivity contribution in [1.82, 2.24) is 4.90 Å². The maximum absolute atomic E-state index is 12.1. The first-order chi connectivity index (χ1) is 12.7. The average Bonchev–Trinajstić information content (AvgIpc) is 3.15. The third-order valence-corrected chi connectivity index (χ3v) is 6.03. The van der Waals surface area contributed by atoms with E-state index in [-0.39, 0.29) is 12.0 Å². The van der Waals surface area contributed by atoms with Crippen LogP contribution >= 0.6 is 0 Å². The molecule has 2 saturated heterocycles. The van der Waals surface area contributed by atoms with Gasteiger partial charge in [0.15, 0.2) is 5.60 Å². The largest absolute Gasteiger partial charge is 0.449 e. The van der Waals surface area contributed by atoms with Gasteiger partial charge in [0.2, 0.25) is 0 Å². The Labute approximate surface area is 152 Å². The van der Waals surface area contributed by atoms with Gasteiger partial charge in [0.1, 0.15) is 0 Å². The Hall–Kier alpha value is -2.82. The molecule has 1 aromatic carbocycles. The molecule has 1 spiro atoms. The van der Waals surface area contributed by atoms with Crippen LogP contribution in [0.3, 0.4) is 0 Å². The first-order valence-electron chi connectivity index (χ1n) is 9.15. The molecule has 0 aromatic heterocycles. The van der Waals surface area contributed by atoms with Crippen molar-refractivity contribution in [1.29, 1.82) is 5.26 Å². The van der Waals surface area contributed by atoms with Crippen LogP contribution in [0.5, 0.6) is 0 Å². The summed E-state index contributed by atoms with van der Waals surface area (Å²) in [5.74, 6) is 6.22. The van der Waals surface area contributed by atoms with E-state index in [2.05, 4.69) is 28.9 Å². The van der Waals surface area contributed by atoms with E-state index in [0.29, 0.717) is 11.6 Å². The predicted molar refractivity (Wildman–Crippen MR) is 95.8 cm³/mol. The normalized spacial score (nSPS) is 31.6. The van der Waals surface area contributed by atoms with Gasteiger partial charge in [0.25, 0.3) is 0 Å². The number of fused-ring (bicyclic) bond motifs is 3. The first kappa shape index (κ1) is 15.4. The van der Waals surface area contributed by atoms with Gasteiger partial charge in [-0.1, -0.05) is 24.3 Å². The number of nitriles is 1. The van der Waals surface area contributed by atoms with Crippen molar-refractivity contribution in [3.63, 3.8) is 0 Å². The van der Waals surface area contributed by atoms with Gasteiger partial charge >= 0.3 is 5.97 Å². The van der Waals surface area contributed by atoms with Gasteiger partial charge in [-0.25, -0.2) is 4.79 Å². The van der Waals surface area contributed by atoms with E-state index in [1.54, 1.807) is 18.2 Å². The molecule has 3 atom stereocenters. The summed E-state index contributed by atoms with van der Waals surface area (Å²) in [5, 5.41) is 8.90. The summed E-state index contributed by atoms with van der Waals surface area (Å²) < 4.78 is 5.91. The van der Waals surface area contributed by atoms with Gasteiger partial charge in [0.05, 0.1) is 17.7 Å². The Morgan fingerprint density at radius 3 is 2.77 bits per heavy atom. The summed E-state index contributed by atoms with van der Waals surface area (Å²) in [6.45, 7) is 1.06. The number of hydrogen-bond donors (Lipinski definition) is 0. The predicted octanol–water partition coefficient (Wildman–Crippen LogP) is 2.70. The van der Waals surface area contributed by atoms with Crippen molar-refractivity contribution >= 4 is 5.97 Å². The SMILES string of the molecule is N#Cc1ccc(C#CC2=CC3CC4(OC(=O)C=C24)C2CCCCN32)cc1. The minimum atomic E-state index is -0.494. The van der Waals surface area contributed by atoms with Gasteiger partial charge < -0.3 is 4.74 Å². The summed E-state index contributed by atoms with van der Waals surface area (Å²) in [5.41, 5.74) is 2.88. The van der Waals surface area contributed by atoms with E-state index in [0.717, 1.165) is 36.1 Å². The second kappa shape index (κ2) is 5.59. The minimum absolute atomic E-state index is 0.237. The number of carbonyl (C=O) groups is 1. The summed E-state index contributed by atoms with van der Waals surface area (Å²) in [6, 6.07) is 9.94. The molecule has 0 saturated carbocycles. The van der Waals surface area contributed by atoms with Crippen LogP contribution in [0.1, 0.15) is 36.8 Å². The second-order valence-corrected chi connectivity index (χ2v) is 7.41. The van der Waals surface area contributed by atoms with Crippen molar-refractivity contribution in [2.24, 2.45) is 0 Å². The van der Waals surface area contributed by atoms with Crippen molar-refractivity contribution < 1.29 is 9.53 Å². The lowest BCUT2D eigenvalue weighted by Gasteiger charge is -2.38. The number of ether oxygens (including phenoxy) is 1. The van der Waals surface area contributed by atoms with Crippen LogP contribution in [0.25, 0.3) is 0 Å². The van der Waals surface area contributed by atoms with E-state index in [4.69, 9.17) is 10.00 Å². The molecule has 3 heterocycles. The second-order valence-electron chi connectivity index (χ2n) is 7.41. The maximum Gasteiger partial charge on any atom is 0.332 e. The van der Waals surface area contributed by atoms with Crippen molar-refractivity contribution in [3.8, 4) is 17.9 Å². The Bertz CT molecular complexity index is 955. The number of piperidine rings is 1. The summed E-state index contributed by atoms with van der Waals surface area (Å²) in [4.78, 5) is 14.6. The van der Waals surface area contributed by atoms with Gasteiger partial charge in [-0.05, 0) is 43.7 Å². The van der Waals surface area contributed by atoms with Crippen LogP contribution in [0.15, 0.2) is 47.6 Å². The quantitative estimate of drug-likeness (QED) is 0.537. The van der Waals surface area contributed by atoms with E-state index >= 15 is 0 Å². The zero-order chi connectivity index (χ0) is 17.7.